The average molecular weight is 407 g/mol. The lowest BCUT2D eigenvalue weighted by Gasteiger charge is -2.35. The van der Waals surface area contributed by atoms with E-state index in [1.54, 1.807) is 22.3 Å². The van der Waals surface area contributed by atoms with Crippen molar-refractivity contribution in [1.82, 2.24) is 24.6 Å². The zero-order valence-corrected chi connectivity index (χ0v) is 15.4. The highest BCUT2D eigenvalue weighted by atomic mass is 79.9. The van der Waals surface area contributed by atoms with Crippen molar-refractivity contribution >= 4 is 50.0 Å². The van der Waals surface area contributed by atoms with Crippen molar-refractivity contribution in [3.05, 3.63) is 33.3 Å². The second-order valence-corrected chi connectivity index (χ2v) is 7.13. The number of rotatable bonds is 2. The fourth-order valence-electron chi connectivity index (χ4n) is 2.96. The molecule has 0 aromatic carbocycles. The van der Waals surface area contributed by atoms with E-state index in [0.29, 0.717) is 13.1 Å². The van der Waals surface area contributed by atoms with Gasteiger partial charge < -0.3 is 9.80 Å². The lowest BCUT2D eigenvalue weighted by atomic mass is 10.2. The molecule has 24 heavy (non-hydrogen) atoms. The standard InChI is InChI=1S/C15H15BrN6OS/c1-20-13-11(12(16)19-20)14(18-9-17-13)21-3-5-22(6-4-21)15(23)10-2-7-24-8-10/h2,7-9H,3-6H2,1H3. The fourth-order valence-corrected chi connectivity index (χ4v) is 4.18. The predicted octanol–water partition coefficient (Wildman–Crippen LogP) is 2.15. The summed E-state index contributed by atoms with van der Waals surface area (Å²) in [7, 11) is 1.86. The molecule has 1 aliphatic rings. The first-order valence-corrected chi connectivity index (χ1v) is 9.28. The summed E-state index contributed by atoms with van der Waals surface area (Å²) in [5, 5.41) is 9.11. The van der Waals surface area contributed by atoms with Gasteiger partial charge in [-0.3, -0.25) is 4.79 Å². The van der Waals surface area contributed by atoms with Crippen LogP contribution in [0.4, 0.5) is 5.82 Å². The number of hydrogen-bond donors (Lipinski definition) is 0. The number of aromatic nitrogens is 4. The molecule has 0 unspecified atom stereocenters. The predicted molar refractivity (Wildman–Crippen MR) is 96.4 cm³/mol. The number of aryl methyl sites for hydroxylation is 1. The second kappa shape index (κ2) is 6.14. The number of hydrogen-bond acceptors (Lipinski definition) is 6. The van der Waals surface area contributed by atoms with Crippen molar-refractivity contribution in [3.8, 4) is 0 Å². The van der Waals surface area contributed by atoms with Gasteiger partial charge in [0, 0.05) is 38.6 Å². The summed E-state index contributed by atoms with van der Waals surface area (Å²) in [5.74, 6) is 0.967. The highest BCUT2D eigenvalue weighted by Gasteiger charge is 2.25. The summed E-state index contributed by atoms with van der Waals surface area (Å²) in [4.78, 5) is 25.3. The Morgan fingerprint density at radius 2 is 2.04 bits per heavy atom. The summed E-state index contributed by atoms with van der Waals surface area (Å²) in [6.07, 6.45) is 1.56. The van der Waals surface area contributed by atoms with Crippen molar-refractivity contribution in [3.63, 3.8) is 0 Å². The van der Waals surface area contributed by atoms with Crippen molar-refractivity contribution in [2.75, 3.05) is 31.1 Å². The Hall–Kier alpha value is -2.00. The molecule has 0 N–H and O–H groups in total. The molecule has 3 aromatic heterocycles. The Morgan fingerprint density at radius 1 is 1.25 bits per heavy atom. The van der Waals surface area contributed by atoms with Crippen LogP contribution in [0.5, 0.6) is 0 Å². The maximum Gasteiger partial charge on any atom is 0.254 e. The topological polar surface area (TPSA) is 67.2 Å². The van der Waals surface area contributed by atoms with Crippen LogP contribution < -0.4 is 4.90 Å². The number of thiophene rings is 1. The minimum Gasteiger partial charge on any atom is -0.352 e. The van der Waals surface area contributed by atoms with Crippen LogP contribution in [0.15, 0.2) is 27.8 Å². The maximum absolute atomic E-state index is 12.4. The lowest BCUT2D eigenvalue weighted by Crippen LogP contribution is -2.49. The van der Waals surface area contributed by atoms with Gasteiger partial charge in [-0.25, -0.2) is 14.6 Å². The van der Waals surface area contributed by atoms with Crippen LogP contribution in [0.25, 0.3) is 11.0 Å². The number of fused-ring (bicyclic) bond motifs is 1. The number of amides is 1. The van der Waals surface area contributed by atoms with Crippen molar-refractivity contribution in [1.29, 1.82) is 0 Å². The molecule has 0 bridgehead atoms. The average Bonchev–Trinajstić information content (AvgIpc) is 3.23. The Bertz CT molecular complexity index is 885. The molecule has 0 aliphatic carbocycles. The van der Waals surface area contributed by atoms with E-state index >= 15 is 0 Å². The molecule has 0 radical (unpaired) electrons. The minimum absolute atomic E-state index is 0.103. The van der Waals surface area contributed by atoms with Crippen LogP contribution in [0.3, 0.4) is 0 Å². The third kappa shape index (κ3) is 2.57. The summed E-state index contributed by atoms with van der Waals surface area (Å²) >= 11 is 5.04. The molecule has 7 nitrogen and oxygen atoms in total. The first kappa shape index (κ1) is 15.5. The lowest BCUT2D eigenvalue weighted by molar-refractivity contribution is 0.0747. The number of anilines is 1. The summed E-state index contributed by atoms with van der Waals surface area (Å²) < 4.78 is 2.48. The third-order valence-corrected chi connectivity index (χ3v) is 5.43. The Balaban J connectivity index is 1.55. The van der Waals surface area contributed by atoms with Crippen LogP contribution in [0.2, 0.25) is 0 Å². The highest BCUT2D eigenvalue weighted by molar-refractivity contribution is 9.10. The van der Waals surface area contributed by atoms with Gasteiger partial charge in [-0.1, -0.05) is 0 Å². The molecule has 0 saturated carbocycles. The van der Waals surface area contributed by atoms with Crippen LogP contribution in [0.1, 0.15) is 10.4 Å². The van der Waals surface area contributed by atoms with Gasteiger partial charge in [0.05, 0.1) is 10.9 Å². The van der Waals surface area contributed by atoms with Gasteiger partial charge in [0.1, 0.15) is 16.7 Å². The molecular formula is C15H15BrN6OS. The van der Waals surface area contributed by atoms with E-state index < -0.39 is 0 Å². The maximum atomic E-state index is 12.4. The van der Waals surface area contributed by atoms with E-state index in [9.17, 15) is 4.79 Å². The van der Waals surface area contributed by atoms with Crippen LogP contribution in [-0.2, 0) is 7.05 Å². The molecule has 3 aromatic rings. The summed E-state index contributed by atoms with van der Waals surface area (Å²) in [5.41, 5.74) is 1.57. The Morgan fingerprint density at radius 3 is 2.75 bits per heavy atom. The number of nitrogens with zero attached hydrogens (tertiary/aromatic N) is 6. The molecule has 1 amide bonds. The first-order valence-electron chi connectivity index (χ1n) is 7.55. The van der Waals surface area contributed by atoms with Crippen LogP contribution in [0, 0.1) is 0 Å². The van der Waals surface area contributed by atoms with Gasteiger partial charge in [0.2, 0.25) is 0 Å². The summed E-state index contributed by atoms with van der Waals surface area (Å²) in [6.45, 7) is 2.84. The van der Waals surface area contributed by atoms with Crippen LogP contribution >= 0.6 is 27.3 Å². The zero-order chi connectivity index (χ0) is 16.7. The van der Waals surface area contributed by atoms with Gasteiger partial charge in [-0.05, 0) is 27.4 Å². The highest BCUT2D eigenvalue weighted by Crippen LogP contribution is 2.30. The van der Waals surface area contributed by atoms with E-state index in [1.807, 2.05) is 28.8 Å². The van der Waals surface area contributed by atoms with Crippen molar-refractivity contribution in [2.45, 2.75) is 0 Å². The van der Waals surface area contributed by atoms with E-state index in [1.165, 1.54) is 0 Å². The zero-order valence-electron chi connectivity index (χ0n) is 13.0. The third-order valence-electron chi connectivity index (χ3n) is 4.19. The molecule has 0 atom stereocenters. The minimum atomic E-state index is 0.103. The van der Waals surface area contributed by atoms with Gasteiger partial charge in [-0.15, -0.1) is 0 Å². The quantitative estimate of drug-likeness (QED) is 0.652. The Labute approximate surface area is 151 Å². The molecule has 4 heterocycles. The fraction of sp³-hybridized carbons (Fsp3) is 0.333. The van der Waals surface area contributed by atoms with E-state index in [2.05, 4.69) is 35.9 Å². The molecule has 124 valence electrons. The number of halogens is 1. The SMILES string of the molecule is Cn1nc(Br)c2c(N3CCN(C(=O)c4ccsc4)CC3)ncnc21. The van der Waals surface area contributed by atoms with Gasteiger partial charge in [0.25, 0.3) is 5.91 Å². The number of carbonyl (C=O) groups is 1. The molecule has 4 rings (SSSR count). The summed E-state index contributed by atoms with van der Waals surface area (Å²) in [6, 6.07) is 1.88. The van der Waals surface area contributed by atoms with Crippen molar-refractivity contribution in [2.24, 2.45) is 7.05 Å². The molecule has 0 spiro atoms. The second-order valence-electron chi connectivity index (χ2n) is 5.60. The number of carbonyl (C=O) groups excluding carboxylic acids is 1. The smallest absolute Gasteiger partial charge is 0.254 e. The largest absolute Gasteiger partial charge is 0.352 e. The van der Waals surface area contributed by atoms with Gasteiger partial charge in [-0.2, -0.15) is 16.4 Å². The van der Waals surface area contributed by atoms with Gasteiger partial charge in [0.15, 0.2) is 5.65 Å². The molecule has 1 saturated heterocycles. The van der Waals surface area contributed by atoms with E-state index in [4.69, 9.17) is 0 Å². The molecule has 1 aliphatic heterocycles. The van der Waals surface area contributed by atoms with Gasteiger partial charge >= 0.3 is 0 Å². The molecular weight excluding hydrogens is 392 g/mol. The van der Waals surface area contributed by atoms with Crippen molar-refractivity contribution < 1.29 is 4.79 Å². The number of piperazine rings is 1. The first-order chi connectivity index (χ1) is 11.6. The van der Waals surface area contributed by atoms with Crippen LogP contribution in [-0.4, -0.2) is 56.7 Å². The Kier molecular flexibility index (Phi) is 3.97. The monoisotopic (exact) mass is 406 g/mol. The molecule has 1 fully saturated rings. The molecule has 9 heteroatoms. The van der Waals surface area contributed by atoms with E-state index in [0.717, 1.165) is 40.1 Å². The van der Waals surface area contributed by atoms with E-state index in [-0.39, 0.29) is 5.91 Å². The normalized spacial score (nSPS) is 15.2.